The van der Waals surface area contributed by atoms with Crippen LogP contribution in [0.1, 0.15) is 29.0 Å². The Balaban J connectivity index is 1.72. The third-order valence-corrected chi connectivity index (χ3v) is 4.30. The van der Waals surface area contributed by atoms with Crippen molar-refractivity contribution in [1.82, 2.24) is 4.90 Å². The zero-order valence-corrected chi connectivity index (χ0v) is 12.0. The summed E-state index contributed by atoms with van der Waals surface area (Å²) in [5.41, 5.74) is 1.04. The van der Waals surface area contributed by atoms with Gasteiger partial charge in [-0.2, -0.15) is 0 Å². The highest BCUT2D eigenvalue weighted by Gasteiger charge is 2.30. The topological polar surface area (TPSA) is 36.6 Å². The van der Waals surface area contributed by atoms with Crippen LogP contribution in [0.4, 0.5) is 0 Å². The molecular formula is C16H17NO2S. The molecule has 2 aromatic rings. The molecule has 1 aliphatic carbocycles. The van der Waals surface area contributed by atoms with Crippen LogP contribution in [0, 0.1) is 11.8 Å². The first kappa shape index (κ1) is 13.4. The number of rotatable bonds is 5. The Labute approximate surface area is 122 Å². The normalized spacial score (nSPS) is 14.3. The lowest BCUT2D eigenvalue weighted by atomic mass is 10.2. The van der Waals surface area contributed by atoms with E-state index in [1.54, 1.807) is 17.6 Å². The maximum absolute atomic E-state index is 8.81. The average Bonchev–Trinajstić information content (AvgIpc) is 3.00. The molecule has 1 fully saturated rings. The van der Waals surface area contributed by atoms with Crippen molar-refractivity contribution in [2.45, 2.75) is 32.0 Å². The predicted molar refractivity (Wildman–Crippen MR) is 79.3 cm³/mol. The summed E-state index contributed by atoms with van der Waals surface area (Å²) in [6, 6.07) is 6.65. The lowest BCUT2D eigenvalue weighted by molar-refractivity contribution is 0.227. The van der Waals surface area contributed by atoms with Gasteiger partial charge in [-0.15, -0.1) is 11.3 Å². The Morgan fingerprint density at radius 3 is 2.95 bits per heavy atom. The molecule has 3 rings (SSSR count). The molecule has 1 aliphatic rings. The van der Waals surface area contributed by atoms with Crippen LogP contribution in [-0.4, -0.2) is 22.7 Å². The molecule has 0 saturated heterocycles. The lowest BCUT2D eigenvalue weighted by Crippen LogP contribution is -2.24. The average molecular weight is 287 g/mol. The monoisotopic (exact) mass is 287 g/mol. The van der Waals surface area contributed by atoms with Crippen LogP contribution in [-0.2, 0) is 13.1 Å². The molecule has 4 heteroatoms. The molecule has 104 valence electrons. The number of hydrogen-bond acceptors (Lipinski definition) is 4. The van der Waals surface area contributed by atoms with Crippen LogP contribution >= 0.6 is 11.3 Å². The molecule has 1 saturated carbocycles. The van der Waals surface area contributed by atoms with Crippen molar-refractivity contribution in [2.24, 2.45) is 0 Å². The van der Waals surface area contributed by atoms with Gasteiger partial charge in [0.25, 0.3) is 0 Å². The minimum absolute atomic E-state index is 0.0893. The summed E-state index contributed by atoms with van der Waals surface area (Å²) in [4.78, 5) is 3.72. The van der Waals surface area contributed by atoms with Gasteiger partial charge in [0.15, 0.2) is 0 Å². The fourth-order valence-corrected chi connectivity index (χ4v) is 3.10. The summed E-state index contributed by atoms with van der Waals surface area (Å²) in [6.07, 6.45) is 4.26. The van der Waals surface area contributed by atoms with E-state index in [1.807, 2.05) is 18.2 Å². The molecule has 2 aromatic heterocycles. The quantitative estimate of drug-likeness (QED) is 0.859. The molecule has 0 bridgehead atoms. The van der Waals surface area contributed by atoms with Crippen LogP contribution in [0.5, 0.6) is 0 Å². The lowest BCUT2D eigenvalue weighted by Gasteiger charge is -2.20. The van der Waals surface area contributed by atoms with Gasteiger partial charge >= 0.3 is 0 Å². The number of hydrogen-bond donors (Lipinski definition) is 1. The van der Waals surface area contributed by atoms with Crippen LogP contribution in [0.2, 0.25) is 0 Å². The molecule has 3 nitrogen and oxygen atoms in total. The molecule has 0 spiro atoms. The molecule has 1 N–H and O–H groups in total. The molecule has 2 heterocycles. The Morgan fingerprint density at radius 2 is 2.25 bits per heavy atom. The number of nitrogens with zero attached hydrogens (tertiary/aromatic N) is 1. The highest BCUT2D eigenvalue weighted by molar-refractivity contribution is 7.10. The van der Waals surface area contributed by atoms with Gasteiger partial charge in [0.1, 0.15) is 12.4 Å². The van der Waals surface area contributed by atoms with Gasteiger partial charge in [-0.05, 0) is 36.4 Å². The Hall–Kier alpha value is -1.54. The predicted octanol–water partition coefficient (Wildman–Crippen LogP) is 2.85. The van der Waals surface area contributed by atoms with Gasteiger partial charge in [-0.25, -0.2) is 0 Å². The number of furan rings is 1. The van der Waals surface area contributed by atoms with Crippen LogP contribution in [0.3, 0.4) is 0 Å². The van der Waals surface area contributed by atoms with Crippen molar-refractivity contribution in [3.05, 3.63) is 46.0 Å². The molecule has 0 amide bonds. The van der Waals surface area contributed by atoms with E-state index in [0.29, 0.717) is 6.04 Å². The SMILES string of the molecule is OCC#Cc1ccsc1CN(Cc1ccco1)C1CC1. The second-order valence-electron chi connectivity index (χ2n) is 4.93. The summed E-state index contributed by atoms with van der Waals surface area (Å²) in [5, 5.41) is 10.9. The largest absolute Gasteiger partial charge is 0.468 e. The standard InChI is InChI=1S/C16H17NO2S/c18-8-1-3-13-7-10-20-16(13)12-17(14-5-6-14)11-15-4-2-9-19-15/h2,4,7,9-10,14,18H,5-6,8,11-12H2. The second kappa shape index (κ2) is 6.27. The highest BCUT2D eigenvalue weighted by atomic mass is 32.1. The molecule has 20 heavy (non-hydrogen) atoms. The number of aliphatic hydroxyl groups is 1. The zero-order chi connectivity index (χ0) is 13.8. The maximum Gasteiger partial charge on any atom is 0.117 e. The van der Waals surface area contributed by atoms with Gasteiger partial charge in [0.2, 0.25) is 0 Å². The van der Waals surface area contributed by atoms with E-state index in [2.05, 4.69) is 22.1 Å². The third kappa shape index (κ3) is 3.31. The van der Waals surface area contributed by atoms with Gasteiger partial charge in [-0.3, -0.25) is 4.90 Å². The van der Waals surface area contributed by atoms with Gasteiger partial charge in [-0.1, -0.05) is 11.8 Å². The van der Waals surface area contributed by atoms with Crippen LogP contribution < -0.4 is 0 Å². The van der Waals surface area contributed by atoms with Gasteiger partial charge in [0, 0.05) is 23.0 Å². The van der Waals surface area contributed by atoms with E-state index >= 15 is 0 Å². The minimum Gasteiger partial charge on any atom is -0.468 e. The third-order valence-electron chi connectivity index (χ3n) is 3.40. The van der Waals surface area contributed by atoms with Crippen molar-refractivity contribution in [2.75, 3.05) is 6.61 Å². The first-order valence-corrected chi connectivity index (χ1v) is 7.67. The number of thiophene rings is 1. The van der Waals surface area contributed by atoms with E-state index in [4.69, 9.17) is 9.52 Å². The highest BCUT2D eigenvalue weighted by Crippen LogP contribution is 2.31. The van der Waals surface area contributed by atoms with Crippen molar-refractivity contribution in [3.8, 4) is 11.8 Å². The molecule has 0 aromatic carbocycles. The van der Waals surface area contributed by atoms with Crippen molar-refractivity contribution in [1.29, 1.82) is 0 Å². The minimum atomic E-state index is -0.0893. The first-order valence-electron chi connectivity index (χ1n) is 6.79. The molecular weight excluding hydrogens is 270 g/mol. The van der Waals surface area contributed by atoms with Crippen molar-refractivity contribution < 1.29 is 9.52 Å². The van der Waals surface area contributed by atoms with E-state index in [-0.39, 0.29) is 6.61 Å². The smallest absolute Gasteiger partial charge is 0.117 e. The van der Waals surface area contributed by atoms with Crippen LogP contribution in [0.25, 0.3) is 0 Å². The Morgan fingerprint density at radius 1 is 1.35 bits per heavy atom. The summed E-state index contributed by atoms with van der Waals surface area (Å²) in [7, 11) is 0. The maximum atomic E-state index is 8.81. The number of aliphatic hydroxyl groups excluding tert-OH is 1. The van der Waals surface area contributed by atoms with E-state index < -0.39 is 0 Å². The van der Waals surface area contributed by atoms with E-state index in [1.165, 1.54) is 17.7 Å². The van der Waals surface area contributed by atoms with Gasteiger partial charge < -0.3 is 9.52 Å². The fourth-order valence-electron chi connectivity index (χ4n) is 2.25. The second-order valence-corrected chi connectivity index (χ2v) is 5.93. The zero-order valence-electron chi connectivity index (χ0n) is 11.2. The summed E-state index contributed by atoms with van der Waals surface area (Å²) < 4.78 is 5.46. The van der Waals surface area contributed by atoms with Gasteiger partial charge in [0.05, 0.1) is 12.8 Å². The summed E-state index contributed by atoms with van der Waals surface area (Å²) in [6.45, 7) is 1.66. The Bertz CT molecular complexity index is 602. The van der Waals surface area contributed by atoms with E-state index in [9.17, 15) is 0 Å². The Kier molecular flexibility index (Phi) is 4.22. The summed E-state index contributed by atoms with van der Waals surface area (Å²) in [5.74, 6) is 6.77. The summed E-state index contributed by atoms with van der Waals surface area (Å²) >= 11 is 1.73. The first-order chi connectivity index (χ1) is 9.86. The molecule has 0 aliphatic heterocycles. The molecule has 0 atom stereocenters. The van der Waals surface area contributed by atoms with Crippen molar-refractivity contribution >= 4 is 11.3 Å². The van der Waals surface area contributed by atoms with Crippen molar-refractivity contribution in [3.63, 3.8) is 0 Å². The van der Waals surface area contributed by atoms with Crippen LogP contribution in [0.15, 0.2) is 34.3 Å². The fraction of sp³-hybridized carbons (Fsp3) is 0.375. The van der Waals surface area contributed by atoms with E-state index in [0.717, 1.165) is 24.4 Å². The molecule has 0 radical (unpaired) electrons. The molecule has 0 unspecified atom stereocenters.